The highest BCUT2D eigenvalue weighted by Gasteiger charge is 2.20. The lowest BCUT2D eigenvalue weighted by molar-refractivity contribution is -0.0287. The molecule has 0 aromatic carbocycles. The van der Waals surface area contributed by atoms with Gasteiger partial charge < -0.3 is 4.74 Å². The van der Waals surface area contributed by atoms with Crippen LogP contribution in [0.25, 0.3) is 0 Å². The van der Waals surface area contributed by atoms with Gasteiger partial charge >= 0.3 is 0 Å². The van der Waals surface area contributed by atoms with E-state index < -0.39 is 0 Å². The fraction of sp³-hybridized carbons (Fsp3) is 0.900. The lowest BCUT2D eigenvalue weighted by Crippen LogP contribution is -2.43. The van der Waals surface area contributed by atoms with Crippen LogP contribution in [-0.2, 0) is 4.74 Å². The average Bonchev–Trinajstić information content (AvgIpc) is 2.04. The van der Waals surface area contributed by atoms with Crippen molar-refractivity contribution >= 4 is 0 Å². The first-order valence-electron chi connectivity index (χ1n) is 4.93. The Morgan fingerprint density at radius 3 is 3.00 bits per heavy atom. The number of morpholine rings is 1. The van der Waals surface area contributed by atoms with E-state index in [0.717, 1.165) is 26.2 Å². The summed E-state index contributed by atoms with van der Waals surface area (Å²) >= 11 is 0. The van der Waals surface area contributed by atoms with Crippen molar-refractivity contribution in [1.29, 1.82) is 5.26 Å². The Labute approximate surface area is 80.3 Å². The smallest absolute Gasteiger partial charge is 0.0832 e. The van der Waals surface area contributed by atoms with Gasteiger partial charge in [0.2, 0.25) is 0 Å². The highest BCUT2D eigenvalue weighted by molar-refractivity contribution is 4.81. The molecule has 0 unspecified atom stereocenters. The summed E-state index contributed by atoms with van der Waals surface area (Å²) in [6.07, 6.45) is 0.659. The first kappa shape index (κ1) is 10.5. The molecular weight excluding hydrogens is 164 g/mol. The summed E-state index contributed by atoms with van der Waals surface area (Å²) < 4.78 is 5.47. The van der Waals surface area contributed by atoms with Crippen molar-refractivity contribution in [3.63, 3.8) is 0 Å². The Hall–Kier alpha value is -0.590. The fourth-order valence-electron chi connectivity index (χ4n) is 1.69. The summed E-state index contributed by atoms with van der Waals surface area (Å²) in [6.45, 7) is 8.26. The third kappa shape index (κ3) is 3.75. The topological polar surface area (TPSA) is 36.3 Å². The highest BCUT2D eigenvalue weighted by Crippen LogP contribution is 2.09. The van der Waals surface area contributed by atoms with Crippen molar-refractivity contribution in [2.24, 2.45) is 5.92 Å². The van der Waals surface area contributed by atoms with E-state index in [1.165, 1.54) is 0 Å². The molecule has 0 spiro atoms. The van der Waals surface area contributed by atoms with Gasteiger partial charge in [0.05, 0.1) is 25.2 Å². The van der Waals surface area contributed by atoms with Crippen LogP contribution in [0.5, 0.6) is 0 Å². The fourth-order valence-corrected chi connectivity index (χ4v) is 1.69. The molecule has 0 bridgehead atoms. The van der Waals surface area contributed by atoms with Crippen molar-refractivity contribution in [2.45, 2.75) is 26.4 Å². The molecule has 3 nitrogen and oxygen atoms in total. The summed E-state index contributed by atoms with van der Waals surface area (Å²) in [7, 11) is 0. The molecule has 0 amide bonds. The van der Waals surface area contributed by atoms with Crippen LogP contribution in [0.15, 0.2) is 0 Å². The van der Waals surface area contributed by atoms with Gasteiger partial charge in [-0.15, -0.1) is 0 Å². The van der Waals surface area contributed by atoms with Crippen LogP contribution in [-0.4, -0.2) is 37.2 Å². The Balaban J connectivity index is 2.29. The molecular formula is C10H18N2O. The molecule has 1 fully saturated rings. The van der Waals surface area contributed by atoms with E-state index >= 15 is 0 Å². The molecule has 1 atom stereocenters. The van der Waals surface area contributed by atoms with Gasteiger partial charge in [-0.2, -0.15) is 5.26 Å². The zero-order valence-electron chi connectivity index (χ0n) is 8.49. The first-order chi connectivity index (χ1) is 6.22. The summed E-state index contributed by atoms with van der Waals surface area (Å²) in [5, 5.41) is 8.54. The summed E-state index contributed by atoms with van der Waals surface area (Å²) in [6, 6.07) is 2.16. The van der Waals surface area contributed by atoms with E-state index in [2.05, 4.69) is 24.8 Å². The molecule has 1 aliphatic rings. The van der Waals surface area contributed by atoms with Crippen molar-refractivity contribution in [3.8, 4) is 6.07 Å². The second kappa shape index (κ2) is 5.21. The van der Waals surface area contributed by atoms with Crippen molar-refractivity contribution in [3.05, 3.63) is 0 Å². The van der Waals surface area contributed by atoms with Gasteiger partial charge in [-0.05, 0) is 5.92 Å². The molecule has 1 rings (SSSR count). The van der Waals surface area contributed by atoms with Crippen LogP contribution in [0, 0.1) is 17.2 Å². The summed E-state index contributed by atoms with van der Waals surface area (Å²) in [5.74, 6) is 0.695. The number of hydrogen-bond acceptors (Lipinski definition) is 3. The lowest BCUT2D eigenvalue weighted by atomic mass is 10.1. The van der Waals surface area contributed by atoms with E-state index in [0.29, 0.717) is 12.3 Å². The van der Waals surface area contributed by atoms with Crippen molar-refractivity contribution in [2.75, 3.05) is 26.2 Å². The van der Waals surface area contributed by atoms with Crippen molar-refractivity contribution < 1.29 is 4.74 Å². The van der Waals surface area contributed by atoms with Crippen LogP contribution >= 0.6 is 0 Å². The Bertz CT molecular complexity index is 186. The molecule has 0 aliphatic carbocycles. The number of hydrogen-bond donors (Lipinski definition) is 0. The van der Waals surface area contributed by atoms with Gasteiger partial charge in [-0.1, -0.05) is 13.8 Å². The minimum absolute atomic E-state index is 0.137. The van der Waals surface area contributed by atoms with Crippen LogP contribution < -0.4 is 0 Å². The number of nitrogens with zero attached hydrogens (tertiary/aromatic N) is 2. The minimum atomic E-state index is 0.137. The predicted molar refractivity (Wildman–Crippen MR) is 51.2 cm³/mol. The molecule has 0 aromatic rings. The zero-order valence-corrected chi connectivity index (χ0v) is 8.49. The van der Waals surface area contributed by atoms with E-state index in [1.807, 2.05) is 0 Å². The quantitative estimate of drug-likeness (QED) is 0.659. The molecule has 1 aliphatic heterocycles. The van der Waals surface area contributed by atoms with Crippen LogP contribution in [0.2, 0.25) is 0 Å². The van der Waals surface area contributed by atoms with Gasteiger partial charge in [0.15, 0.2) is 0 Å². The van der Waals surface area contributed by atoms with Gasteiger partial charge in [-0.3, -0.25) is 4.90 Å². The third-order valence-corrected chi connectivity index (χ3v) is 2.17. The highest BCUT2D eigenvalue weighted by atomic mass is 16.5. The molecule has 3 heteroatoms. The van der Waals surface area contributed by atoms with E-state index in [9.17, 15) is 0 Å². The van der Waals surface area contributed by atoms with E-state index in [1.54, 1.807) is 0 Å². The first-order valence-corrected chi connectivity index (χ1v) is 4.93. The predicted octanol–water partition coefficient (Wildman–Crippen LogP) is 1.26. The Morgan fingerprint density at radius 1 is 1.62 bits per heavy atom. The van der Waals surface area contributed by atoms with Crippen molar-refractivity contribution in [1.82, 2.24) is 4.90 Å². The van der Waals surface area contributed by atoms with Crippen LogP contribution in [0.3, 0.4) is 0 Å². The standard InChI is InChI=1S/C10H18N2O/c1-9(2)7-12-5-6-13-10(8-12)3-4-11/h9-10H,3,5-8H2,1-2H3/t10-/m1/s1. The number of ether oxygens (including phenoxy) is 1. The Kier molecular flexibility index (Phi) is 4.20. The molecule has 1 saturated heterocycles. The zero-order chi connectivity index (χ0) is 9.68. The second-order valence-corrected chi connectivity index (χ2v) is 4.01. The van der Waals surface area contributed by atoms with E-state index in [4.69, 9.17) is 10.00 Å². The lowest BCUT2D eigenvalue weighted by Gasteiger charge is -2.32. The molecule has 0 saturated carbocycles. The normalized spacial score (nSPS) is 24.6. The SMILES string of the molecule is CC(C)CN1CCO[C@H](CC#N)C1. The monoisotopic (exact) mass is 182 g/mol. The maximum atomic E-state index is 8.54. The molecule has 0 aromatic heterocycles. The molecule has 74 valence electrons. The Morgan fingerprint density at radius 2 is 2.38 bits per heavy atom. The molecule has 13 heavy (non-hydrogen) atoms. The van der Waals surface area contributed by atoms with Gasteiger partial charge in [-0.25, -0.2) is 0 Å². The van der Waals surface area contributed by atoms with Gasteiger partial charge in [0, 0.05) is 19.6 Å². The van der Waals surface area contributed by atoms with Crippen LogP contribution in [0.4, 0.5) is 0 Å². The van der Waals surface area contributed by atoms with Gasteiger partial charge in [0.25, 0.3) is 0 Å². The summed E-state index contributed by atoms with van der Waals surface area (Å²) in [4.78, 5) is 2.39. The number of rotatable bonds is 3. The molecule has 0 radical (unpaired) electrons. The average molecular weight is 182 g/mol. The largest absolute Gasteiger partial charge is 0.374 e. The molecule has 1 heterocycles. The second-order valence-electron chi connectivity index (χ2n) is 4.01. The van der Waals surface area contributed by atoms with Crippen LogP contribution in [0.1, 0.15) is 20.3 Å². The molecule has 0 N–H and O–H groups in total. The van der Waals surface area contributed by atoms with E-state index in [-0.39, 0.29) is 6.10 Å². The number of nitriles is 1. The van der Waals surface area contributed by atoms with Gasteiger partial charge in [0.1, 0.15) is 0 Å². The summed E-state index contributed by atoms with van der Waals surface area (Å²) in [5.41, 5.74) is 0. The maximum Gasteiger partial charge on any atom is 0.0832 e. The third-order valence-electron chi connectivity index (χ3n) is 2.17. The maximum absolute atomic E-state index is 8.54. The minimum Gasteiger partial charge on any atom is -0.374 e.